The Morgan fingerprint density at radius 1 is 1.17 bits per heavy atom. The van der Waals surface area contributed by atoms with Crippen molar-refractivity contribution >= 4 is 22.7 Å². The number of hydrogen-bond donors (Lipinski definition) is 1. The van der Waals surface area contributed by atoms with Crippen LogP contribution in [0.3, 0.4) is 0 Å². The van der Waals surface area contributed by atoms with Crippen molar-refractivity contribution in [3.63, 3.8) is 0 Å². The Kier molecular flexibility index (Phi) is 4.92. The number of para-hydroxylation sites is 2. The summed E-state index contributed by atoms with van der Waals surface area (Å²) in [5.41, 5.74) is 6.49. The maximum absolute atomic E-state index is 9.73. The van der Waals surface area contributed by atoms with Crippen LogP contribution in [0.2, 0.25) is 0 Å². The molecule has 0 aliphatic carbocycles. The van der Waals surface area contributed by atoms with Crippen LogP contribution in [-0.2, 0) is 0 Å². The SMILES string of the molecule is CCOc1ccc(-n2c(C)cc(/C=C(\C#N)c3nc4ccccc4[nH]3)c2C)cc1. The molecular weight excluding hydrogens is 360 g/mol. The van der Waals surface area contributed by atoms with Gasteiger partial charge in [-0.3, -0.25) is 0 Å². The van der Waals surface area contributed by atoms with Crippen LogP contribution in [0.1, 0.15) is 29.7 Å². The van der Waals surface area contributed by atoms with Crippen LogP contribution in [-0.4, -0.2) is 21.1 Å². The second-order valence-corrected chi connectivity index (χ2v) is 6.86. The molecule has 0 saturated carbocycles. The molecule has 1 N–H and O–H groups in total. The molecule has 0 bridgehead atoms. The van der Waals surface area contributed by atoms with Crippen molar-refractivity contribution in [2.75, 3.05) is 6.61 Å². The fourth-order valence-electron chi connectivity index (χ4n) is 3.58. The van der Waals surface area contributed by atoms with Gasteiger partial charge < -0.3 is 14.3 Å². The van der Waals surface area contributed by atoms with Crippen LogP contribution in [0.5, 0.6) is 5.75 Å². The van der Waals surface area contributed by atoms with E-state index in [1.807, 2.05) is 61.5 Å². The molecule has 4 aromatic rings. The molecule has 2 heterocycles. The first-order chi connectivity index (χ1) is 14.1. The summed E-state index contributed by atoms with van der Waals surface area (Å²) in [6.45, 7) is 6.74. The highest BCUT2D eigenvalue weighted by atomic mass is 16.5. The van der Waals surface area contributed by atoms with Crippen molar-refractivity contribution < 1.29 is 4.74 Å². The van der Waals surface area contributed by atoms with E-state index in [9.17, 15) is 5.26 Å². The maximum Gasteiger partial charge on any atom is 0.149 e. The molecule has 0 saturated heterocycles. The lowest BCUT2D eigenvalue weighted by atomic mass is 10.1. The van der Waals surface area contributed by atoms with Crippen LogP contribution in [0, 0.1) is 25.2 Å². The van der Waals surface area contributed by atoms with E-state index in [1.165, 1.54) is 0 Å². The van der Waals surface area contributed by atoms with E-state index < -0.39 is 0 Å². The second kappa shape index (κ2) is 7.69. The normalized spacial score (nSPS) is 11.6. The zero-order valence-electron chi connectivity index (χ0n) is 16.7. The highest BCUT2D eigenvalue weighted by Gasteiger charge is 2.13. The van der Waals surface area contributed by atoms with Crippen molar-refractivity contribution in [2.24, 2.45) is 0 Å². The molecule has 0 atom stereocenters. The van der Waals surface area contributed by atoms with Gasteiger partial charge in [0, 0.05) is 17.1 Å². The average Bonchev–Trinajstić information content (AvgIpc) is 3.27. The zero-order valence-corrected chi connectivity index (χ0v) is 16.7. The minimum atomic E-state index is 0.508. The Bertz CT molecular complexity index is 1200. The third kappa shape index (κ3) is 3.53. The summed E-state index contributed by atoms with van der Waals surface area (Å²) < 4.78 is 7.71. The highest BCUT2D eigenvalue weighted by molar-refractivity contribution is 5.90. The summed E-state index contributed by atoms with van der Waals surface area (Å²) in [6, 6.07) is 20.2. The standard InChI is InChI=1S/C24H22N4O/c1-4-29-21-11-9-20(10-12-21)28-16(2)13-18(17(28)3)14-19(15-25)24-26-22-7-5-6-8-23(22)27-24/h5-14H,4H2,1-3H3,(H,26,27)/b19-14+. The van der Waals surface area contributed by atoms with E-state index in [4.69, 9.17) is 4.74 Å². The molecular formula is C24H22N4O. The number of rotatable bonds is 5. The van der Waals surface area contributed by atoms with Gasteiger partial charge in [-0.05, 0) is 74.9 Å². The number of H-pyrrole nitrogens is 1. The molecule has 5 heteroatoms. The summed E-state index contributed by atoms with van der Waals surface area (Å²) in [7, 11) is 0. The molecule has 0 aliphatic heterocycles. The molecule has 29 heavy (non-hydrogen) atoms. The number of imidazole rings is 1. The predicted octanol–water partition coefficient (Wildman–Crippen LogP) is 5.43. The lowest BCUT2D eigenvalue weighted by Gasteiger charge is -2.11. The quantitative estimate of drug-likeness (QED) is 0.468. The minimum Gasteiger partial charge on any atom is -0.494 e. The summed E-state index contributed by atoms with van der Waals surface area (Å²) in [5, 5.41) is 9.73. The number of aryl methyl sites for hydroxylation is 1. The number of allylic oxidation sites excluding steroid dienone is 1. The van der Waals surface area contributed by atoms with Crippen molar-refractivity contribution in [1.82, 2.24) is 14.5 Å². The molecule has 0 amide bonds. The van der Waals surface area contributed by atoms with Gasteiger partial charge in [0.1, 0.15) is 17.6 Å². The predicted molar refractivity (Wildman–Crippen MR) is 116 cm³/mol. The number of aromatic nitrogens is 3. The first-order valence-electron chi connectivity index (χ1n) is 9.59. The Hall–Kier alpha value is -3.78. The molecule has 144 valence electrons. The van der Waals surface area contributed by atoms with E-state index in [2.05, 4.69) is 40.5 Å². The van der Waals surface area contributed by atoms with Crippen molar-refractivity contribution in [2.45, 2.75) is 20.8 Å². The summed E-state index contributed by atoms with van der Waals surface area (Å²) in [5.74, 6) is 1.44. The molecule has 2 aromatic heterocycles. The van der Waals surface area contributed by atoms with Gasteiger partial charge in [-0.2, -0.15) is 5.26 Å². The first kappa shape index (κ1) is 18.6. The summed E-state index contributed by atoms with van der Waals surface area (Å²) in [6.07, 6.45) is 1.89. The van der Waals surface area contributed by atoms with Gasteiger partial charge in [-0.1, -0.05) is 12.1 Å². The topological polar surface area (TPSA) is 66.6 Å². The van der Waals surface area contributed by atoms with Gasteiger partial charge in [0.05, 0.1) is 23.2 Å². The number of nitrogens with zero attached hydrogens (tertiary/aromatic N) is 3. The van der Waals surface area contributed by atoms with Gasteiger partial charge in [0.15, 0.2) is 0 Å². The Morgan fingerprint density at radius 3 is 2.62 bits per heavy atom. The van der Waals surface area contributed by atoms with Gasteiger partial charge in [-0.25, -0.2) is 4.98 Å². The molecule has 2 aromatic carbocycles. The van der Waals surface area contributed by atoms with E-state index in [0.717, 1.165) is 39.4 Å². The summed E-state index contributed by atoms with van der Waals surface area (Å²) >= 11 is 0. The number of fused-ring (bicyclic) bond motifs is 1. The lowest BCUT2D eigenvalue weighted by molar-refractivity contribution is 0.340. The Morgan fingerprint density at radius 2 is 1.93 bits per heavy atom. The lowest BCUT2D eigenvalue weighted by Crippen LogP contribution is -1.99. The van der Waals surface area contributed by atoms with E-state index in [0.29, 0.717) is 18.0 Å². The molecule has 4 rings (SSSR count). The summed E-state index contributed by atoms with van der Waals surface area (Å²) in [4.78, 5) is 7.79. The zero-order chi connectivity index (χ0) is 20.4. The van der Waals surface area contributed by atoms with Crippen molar-refractivity contribution in [3.05, 3.63) is 77.4 Å². The van der Waals surface area contributed by atoms with Crippen LogP contribution in [0.25, 0.3) is 28.4 Å². The smallest absolute Gasteiger partial charge is 0.149 e. The number of nitriles is 1. The molecule has 5 nitrogen and oxygen atoms in total. The number of nitrogens with one attached hydrogen (secondary N) is 1. The number of aromatic amines is 1. The monoisotopic (exact) mass is 382 g/mol. The van der Waals surface area contributed by atoms with Gasteiger partial charge in [0.2, 0.25) is 0 Å². The largest absolute Gasteiger partial charge is 0.494 e. The van der Waals surface area contributed by atoms with E-state index >= 15 is 0 Å². The third-order valence-corrected chi connectivity index (χ3v) is 4.94. The van der Waals surface area contributed by atoms with Gasteiger partial charge in [-0.15, -0.1) is 0 Å². The van der Waals surface area contributed by atoms with Gasteiger partial charge in [0.25, 0.3) is 0 Å². The molecule has 0 spiro atoms. The van der Waals surface area contributed by atoms with Crippen LogP contribution in [0.4, 0.5) is 0 Å². The fourth-order valence-corrected chi connectivity index (χ4v) is 3.58. The Labute approximate surface area is 169 Å². The highest BCUT2D eigenvalue weighted by Crippen LogP contribution is 2.26. The minimum absolute atomic E-state index is 0.508. The molecule has 0 unspecified atom stereocenters. The Balaban J connectivity index is 1.73. The maximum atomic E-state index is 9.73. The van der Waals surface area contributed by atoms with Crippen LogP contribution in [0.15, 0.2) is 54.6 Å². The van der Waals surface area contributed by atoms with E-state index in [-0.39, 0.29) is 0 Å². The van der Waals surface area contributed by atoms with Crippen LogP contribution < -0.4 is 4.74 Å². The van der Waals surface area contributed by atoms with Crippen LogP contribution >= 0.6 is 0 Å². The van der Waals surface area contributed by atoms with Crippen molar-refractivity contribution in [3.8, 4) is 17.5 Å². The molecule has 0 aliphatic rings. The number of ether oxygens (including phenoxy) is 1. The second-order valence-electron chi connectivity index (χ2n) is 6.86. The van der Waals surface area contributed by atoms with Crippen molar-refractivity contribution in [1.29, 1.82) is 5.26 Å². The molecule has 0 radical (unpaired) electrons. The average molecular weight is 382 g/mol. The number of benzene rings is 2. The fraction of sp³-hybridized carbons (Fsp3) is 0.167. The third-order valence-electron chi connectivity index (χ3n) is 4.94. The van der Waals surface area contributed by atoms with E-state index in [1.54, 1.807) is 0 Å². The number of hydrogen-bond acceptors (Lipinski definition) is 3. The molecule has 0 fully saturated rings. The first-order valence-corrected chi connectivity index (χ1v) is 9.59. The van der Waals surface area contributed by atoms with Gasteiger partial charge >= 0.3 is 0 Å².